The van der Waals surface area contributed by atoms with Crippen molar-refractivity contribution in [2.75, 3.05) is 19.6 Å². The summed E-state index contributed by atoms with van der Waals surface area (Å²) in [6.07, 6.45) is 2.36. The molecule has 2 amide bonds. The minimum Gasteiger partial charge on any atom is -0.338 e. The van der Waals surface area contributed by atoms with Gasteiger partial charge in [-0.25, -0.2) is 0 Å². The molecule has 1 saturated heterocycles. The number of nitro benzene ring substituents is 1. The van der Waals surface area contributed by atoms with Crippen LogP contribution >= 0.6 is 0 Å². The maximum Gasteiger partial charge on any atom is 0.270 e. The van der Waals surface area contributed by atoms with Gasteiger partial charge in [-0.2, -0.15) is 0 Å². The van der Waals surface area contributed by atoms with Crippen molar-refractivity contribution >= 4 is 17.5 Å². The van der Waals surface area contributed by atoms with Gasteiger partial charge in [-0.3, -0.25) is 19.7 Å². The SMILES string of the molecule is O=C(c1cccc([N+](=O)[O-])c1)N1CCC[C@H](C(=O)N2CCc3ccccc3C2)C1. The number of carbonyl (C=O) groups excluding carboxylic acids is 2. The highest BCUT2D eigenvalue weighted by atomic mass is 16.6. The fraction of sp³-hybridized carbons (Fsp3) is 0.364. The van der Waals surface area contributed by atoms with Crippen molar-refractivity contribution in [3.05, 3.63) is 75.3 Å². The molecule has 7 nitrogen and oxygen atoms in total. The highest BCUT2D eigenvalue weighted by Crippen LogP contribution is 2.25. The number of nitrogens with zero attached hydrogens (tertiary/aromatic N) is 3. The van der Waals surface area contributed by atoms with Gasteiger partial charge in [0.25, 0.3) is 11.6 Å². The summed E-state index contributed by atoms with van der Waals surface area (Å²) in [6, 6.07) is 14.0. The molecule has 0 N–H and O–H groups in total. The molecule has 7 heteroatoms. The maximum absolute atomic E-state index is 13.1. The summed E-state index contributed by atoms with van der Waals surface area (Å²) >= 11 is 0. The summed E-state index contributed by atoms with van der Waals surface area (Å²) in [6.45, 7) is 2.24. The lowest BCUT2D eigenvalue weighted by atomic mass is 9.93. The van der Waals surface area contributed by atoms with E-state index in [0.29, 0.717) is 31.7 Å². The van der Waals surface area contributed by atoms with E-state index in [1.54, 1.807) is 11.0 Å². The van der Waals surface area contributed by atoms with Crippen LogP contribution in [-0.4, -0.2) is 46.2 Å². The summed E-state index contributed by atoms with van der Waals surface area (Å²) in [5.74, 6) is -0.386. The monoisotopic (exact) mass is 393 g/mol. The third-order valence-corrected chi connectivity index (χ3v) is 5.80. The Morgan fingerprint density at radius 3 is 2.59 bits per heavy atom. The fourth-order valence-electron chi connectivity index (χ4n) is 4.24. The number of carbonyl (C=O) groups is 2. The molecule has 2 aliphatic heterocycles. The Balaban J connectivity index is 1.44. The van der Waals surface area contributed by atoms with E-state index in [2.05, 4.69) is 12.1 Å². The van der Waals surface area contributed by atoms with Crippen molar-refractivity contribution in [1.29, 1.82) is 0 Å². The Bertz CT molecular complexity index is 959. The number of rotatable bonds is 3. The minimum atomic E-state index is -0.506. The van der Waals surface area contributed by atoms with E-state index in [0.717, 1.165) is 19.3 Å². The molecule has 2 aromatic rings. The van der Waals surface area contributed by atoms with Gasteiger partial charge in [0.05, 0.1) is 10.8 Å². The Labute approximate surface area is 169 Å². The second-order valence-electron chi connectivity index (χ2n) is 7.68. The van der Waals surface area contributed by atoms with Crippen LogP contribution in [0.2, 0.25) is 0 Å². The highest BCUT2D eigenvalue weighted by molar-refractivity contribution is 5.95. The first kappa shape index (κ1) is 19.1. The zero-order valence-electron chi connectivity index (χ0n) is 16.1. The highest BCUT2D eigenvalue weighted by Gasteiger charge is 2.33. The molecule has 1 fully saturated rings. The smallest absolute Gasteiger partial charge is 0.270 e. The first-order chi connectivity index (χ1) is 14.0. The van der Waals surface area contributed by atoms with E-state index in [1.165, 1.54) is 29.3 Å². The van der Waals surface area contributed by atoms with Crippen molar-refractivity contribution in [2.45, 2.75) is 25.8 Å². The molecule has 0 spiro atoms. The van der Waals surface area contributed by atoms with E-state index in [9.17, 15) is 19.7 Å². The van der Waals surface area contributed by atoms with Gasteiger partial charge < -0.3 is 9.80 Å². The van der Waals surface area contributed by atoms with Crippen molar-refractivity contribution < 1.29 is 14.5 Å². The van der Waals surface area contributed by atoms with Crippen LogP contribution < -0.4 is 0 Å². The van der Waals surface area contributed by atoms with Gasteiger partial charge >= 0.3 is 0 Å². The lowest BCUT2D eigenvalue weighted by Gasteiger charge is -2.36. The number of piperidine rings is 1. The summed E-state index contributed by atoms with van der Waals surface area (Å²) < 4.78 is 0. The minimum absolute atomic E-state index is 0.0936. The second-order valence-corrected chi connectivity index (χ2v) is 7.68. The predicted molar refractivity (Wildman–Crippen MR) is 107 cm³/mol. The first-order valence-electron chi connectivity index (χ1n) is 9.92. The summed E-state index contributed by atoms with van der Waals surface area (Å²) in [7, 11) is 0. The summed E-state index contributed by atoms with van der Waals surface area (Å²) in [5.41, 5.74) is 2.67. The standard InChI is InChI=1S/C22H23N3O4/c26-21(17-7-3-9-20(13-17)25(28)29)23-11-4-8-19(15-23)22(27)24-12-10-16-5-1-2-6-18(16)14-24/h1-3,5-7,9,13,19H,4,8,10-12,14-15H2/t19-/m0/s1. The van der Waals surface area contributed by atoms with Gasteiger partial charge in [0.1, 0.15) is 0 Å². The fourth-order valence-corrected chi connectivity index (χ4v) is 4.24. The third-order valence-electron chi connectivity index (χ3n) is 5.80. The number of hydrogen-bond donors (Lipinski definition) is 0. The molecule has 2 heterocycles. The zero-order chi connectivity index (χ0) is 20.4. The number of fused-ring (bicyclic) bond motifs is 1. The molecule has 1 atom stereocenters. The Kier molecular flexibility index (Phi) is 5.29. The van der Waals surface area contributed by atoms with Gasteiger partial charge in [-0.1, -0.05) is 30.3 Å². The van der Waals surface area contributed by atoms with Crippen LogP contribution in [0.15, 0.2) is 48.5 Å². The van der Waals surface area contributed by atoms with E-state index < -0.39 is 4.92 Å². The molecule has 0 radical (unpaired) electrons. The van der Waals surface area contributed by atoms with Gasteiger partial charge in [-0.05, 0) is 36.5 Å². The molecular formula is C22H23N3O4. The van der Waals surface area contributed by atoms with E-state index >= 15 is 0 Å². The van der Waals surface area contributed by atoms with Crippen LogP contribution in [0.3, 0.4) is 0 Å². The number of hydrogen-bond acceptors (Lipinski definition) is 4. The third kappa shape index (κ3) is 3.99. The van der Waals surface area contributed by atoms with E-state index in [-0.39, 0.29) is 23.4 Å². The van der Waals surface area contributed by atoms with Crippen LogP contribution in [0.25, 0.3) is 0 Å². The number of benzene rings is 2. The topological polar surface area (TPSA) is 83.8 Å². The molecule has 2 aliphatic rings. The Morgan fingerprint density at radius 2 is 1.79 bits per heavy atom. The average Bonchev–Trinajstić information content (AvgIpc) is 2.78. The number of nitro groups is 1. The molecule has 4 rings (SSSR count). The largest absolute Gasteiger partial charge is 0.338 e. The normalized spacial score (nSPS) is 18.8. The van der Waals surface area contributed by atoms with Crippen molar-refractivity contribution in [1.82, 2.24) is 9.80 Å². The Morgan fingerprint density at radius 1 is 1.00 bits per heavy atom. The molecule has 2 aromatic carbocycles. The second kappa shape index (κ2) is 8.03. The molecular weight excluding hydrogens is 370 g/mol. The molecule has 0 unspecified atom stereocenters. The van der Waals surface area contributed by atoms with E-state index in [4.69, 9.17) is 0 Å². The van der Waals surface area contributed by atoms with Gasteiger partial charge in [0.2, 0.25) is 5.91 Å². The molecule has 0 bridgehead atoms. The quantitative estimate of drug-likeness (QED) is 0.593. The van der Waals surface area contributed by atoms with Crippen LogP contribution in [0.4, 0.5) is 5.69 Å². The molecule has 0 aromatic heterocycles. The number of amides is 2. The summed E-state index contributed by atoms with van der Waals surface area (Å²) in [5, 5.41) is 11.0. The Hall–Kier alpha value is -3.22. The van der Waals surface area contributed by atoms with Crippen molar-refractivity contribution in [2.24, 2.45) is 5.92 Å². The van der Waals surface area contributed by atoms with Crippen LogP contribution in [0, 0.1) is 16.0 Å². The maximum atomic E-state index is 13.1. The molecule has 0 saturated carbocycles. The lowest BCUT2D eigenvalue weighted by Crippen LogP contribution is -2.47. The lowest BCUT2D eigenvalue weighted by molar-refractivity contribution is -0.384. The first-order valence-corrected chi connectivity index (χ1v) is 9.92. The van der Waals surface area contributed by atoms with Crippen LogP contribution in [0.1, 0.15) is 34.3 Å². The average molecular weight is 393 g/mol. The van der Waals surface area contributed by atoms with Crippen LogP contribution in [0.5, 0.6) is 0 Å². The van der Waals surface area contributed by atoms with Gasteiger partial charge in [0.15, 0.2) is 0 Å². The zero-order valence-corrected chi connectivity index (χ0v) is 16.1. The van der Waals surface area contributed by atoms with Gasteiger partial charge in [0, 0.05) is 43.9 Å². The number of likely N-dealkylation sites (tertiary alicyclic amines) is 1. The number of non-ortho nitro benzene ring substituents is 1. The molecule has 29 heavy (non-hydrogen) atoms. The molecule has 0 aliphatic carbocycles. The predicted octanol–water partition coefficient (Wildman–Crippen LogP) is 3.03. The molecule has 150 valence electrons. The van der Waals surface area contributed by atoms with Crippen molar-refractivity contribution in [3.63, 3.8) is 0 Å². The van der Waals surface area contributed by atoms with Gasteiger partial charge in [-0.15, -0.1) is 0 Å². The van der Waals surface area contributed by atoms with Crippen LogP contribution in [-0.2, 0) is 17.8 Å². The summed E-state index contributed by atoms with van der Waals surface area (Å²) in [4.78, 5) is 40.0. The van der Waals surface area contributed by atoms with Crippen molar-refractivity contribution in [3.8, 4) is 0 Å². The van der Waals surface area contributed by atoms with E-state index in [1.807, 2.05) is 17.0 Å².